The summed E-state index contributed by atoms with van der Waals surface area (Å²) in [6.07, 6.45) is 1.74. The second-order valence-electron chi connectivity index (χ2n) is 7.57. The highest BCUT2D eigenvalue weighted by Crippen LogP contribution is 2.39. The monoisotopic (exact) mass is 421 g/mol. The van der Waals surface area contributed by atoms with Crippen LogP contribution in [0.4, 0.5) is 5.69 Å². The fourth-order valence-corrected chi connectivity index (χ4v) is 6.67. The van der Waals surface area contributed by atoms with Gasteiger partial charge in [-0.1, -0.05) is 0 Å². The number of anilines is 1. The summed E-state index contributed by atoms with van der Waals surface area (Å²) >= 11 is 1.13. The zero-order valence-corrected chi connectivity index (χ0v) is 17.5. The van der Waals surface area contributed by atoms with Crippen LogP contribution in [0.15, 0.2) is 38.8 Å². The van der Waals surface area contributed by atoms with Crippen LogP contribution in [0.2, 0.25) is 0 Å². The van der Waals surface area contributed by atoms with Gasteiger partial charge in [0.25, 0.3) is 0 Å². The van der Waals surface area contributed by atoms with Crippen LogP contribution in [0.3, 0.4) is 0 Å². The number of benzene rings is 1. The molecule has 4 rings (SSSR count). The maximum Gasteiger partial charge on any atom is 0.227 e. The SMILES string of the molecule is C[C@H]1C[C@@](O)(c2csc(S(=O)(=O)c3ccc4c(c3)CCC(=O)N4C)c2)CCO1. The molecule has 0 unspecified atom stereocenters. The van der Waals surface area contributed by atoms with Crippen LogP contribution in [0.5, 0.6) is 0 Å². The van der Waals surface area contributed by atoms with Gasteiger partial charge in [0.05, 0.1) is 23.2 Å². The van der Waals surface area contributed by atoms with Crippen molar-refractivity contribution in [3.63, 3.8) is 0 Å². The van der Waals surface area contributed by atoms with E-state index in [1.54, 1.807) is 41.6 Å². The molecule has 2 aliphatic heterocycles. The van der Waals surface area contributed by atoms with Crippen LogP contribution in [-0.2, 0) is 31.4 Å². The Bertz CT molecular complexity index is 1030. The van der Waals surface area contributed by atoms with Crippen LogP contribution in [0.1, 0.15) is 37.3 Å². The second-order valence-corrected chi connectivity index (χ2v) is 10.7. The molecule has 1 aromatic heterocycles. The van der Waals surface area contributed by atoms with E-state index in [2.05, 4.69) is 0 Å². The van der Waals surface area contributed by atoms with Gasteiger partial charge in [0.2, 0.25) is 15.7 Å². The van der Waals surface area contributed by atoms with E-state index in [1.807, 2.05) is 6.92 Å². The summed E-state index contributed by atoms with van der Waals surface area (Å²) in [5, 5.41) is 12.7. The standard InChI is InChI=1S/C20H23NO5S2/c1-13-11-20(23,7-8-26-13)15-10-19(27-12-15)28(24,25)16-4-5-17-14(9-16)3-6-18(22)21(17)2/h4-5,9-10,12-13,23H,3,6-8,11H2,1-2H3/t13-,20+/m0/s1. The van der Waals surface area contributed by atoms with Gasteiger partial charge in [-0.25, -0.2) is 8.42 Å². The predicted octanol–water partition coefficient (Wildman–Crippen LogP) is 2.88. The number of hydrogen-bond acceptors (Lipinski definition) is 6. The summed E-state index contributed by atoms with van der Waals surface area (Å²) in [5.74, 6) is 0.0324. The van der Waals surface area contributed by atoms with Gasteiger partial charge in [-0.15, -0.1) is 11.3 Å². The van der Waals surface area contributed by atoms with E-state index < -0.39 is 15.4 Å². The van der Waals surface area contributed by atoms with Gasteiger partial charge in [-0.3, -0.25) is 4.79 Å². The molecule has 6 nitrogen and oxygen atoms in total. The molecule has 2 aromatic rings. The Morgan fingerprint density at radius 3 is 2.82 bits per heavy atom. The number of fused-ring (bicyclic) bond motifs is 1. The summed E-state index contributed by atoms with van der Waals surface area (Å²) in [7, 11) is -1.98. The zero-order chi connectivity index (χ0) is 20.1. The molecule has 0 saturated carbocycles. The maximum absolute atomic E-state index is 13.2. The van der Waals surface area contributed by atoms with Gasteiger partial charge in [-0.2, -0.15) is 0 Å². The number of hydrogen-bond donors (Lipinski definition) is 1. The van der Waals surface area contributed by atoms with Crippen molar-refractivity contribution in [2.75, 3.05) is 18.6 Å². The number of ether oxygens (including phenoxy) is 1. The van der Waals surface area contributed by atoms with Crippen molar-refractivity contribution < 1.29 is 23.1 Å². The van der Waals surface area contributed by atoms with Gasteiger partial charge in [-0.05, 0) is 54.1 Å². The molecule has 1 saturated heterocycles. The fraction of sp³-hybridized carbons (Fsp3) is 0.450. The Morgan fingerprint density at radius 1 is 1.29 bits per heavy atom. The molecule has 1 aromatic carbocycles. The van der Waals surface area contributed by atoms with Crippen LogP contribution in [0, 0.1) is 0 Å². The molecule has 1 amide bonds. The summed E-state index contributed by atoms with van der Waals surface area (Å²) in [5.41, 5.74) is 1.19. The Labute approximate surface area is 168 Å². The van der Waals surface area contributed by atoms with E-state index in [4.69, 9.17) is 4.74 Å². The van der Waals surface area contributed by atoms with Gasteiger partial charge in [0.1, 0.15) is 4.21 Å². The number of amides is 1. The average molecular weight is 422 g/mol. The van der Waals surface area contributed by atoms with Crippen molar-refractivity contribution in [2.24, 2.45) is 0 Å². The highest BCUT2D eigenvalue weighted by molar-refractivity contribution is 7.93. The molecular formula is C20H23NO5S2. The largest absolute Gasteiger partial charge is 0.385 e. The van der Waals surface area contributed by atoms with Crippen LogP contribution in [-0.4, -0.2) is 39.2 Å². The van der Waals surface area contributed by atoms with E-state index in [1.165, 1.54) is 0 Å². The number of aliphatic hydroxyl groups is 1. The Balaban J connectivity index is 1.67. The molecule has 28 heavy (non-hydrogen) atoms. The van der Waals surface area contributed by atoms with Crippen LogP contribution in [0.25, 0.3) is 0 Å². The number of aryl methyl sites for hydroxylation is 1. The van der Waals surface area contributed by atoms with E-state index in [-0.39, 0.29) is 21.1 Å². The number of carbonyl (C=O) groups excluding carboxylic acids is 1. The highest BCUT2D eigenvalue weighted by Gasteiger charge is 2.37. The summed E-state index contributed by atoms with van der Waals surface area (Å²) in [6.45, 7) is 2.36. The Kier molecular flexibility index (Phi) is 4.86. The predicted molar refractivity (Wildman–Crippen MR) is 106 cm³/mol. The number of nitrogens with zero attached hydrogens (tertiary/aromatic N) is 1. The van der Waals surface area contributed by atoms with E-state index >= 15 is 0 Å². The molecule has 150 valence electrons. The first-order valence-electron chi connectivity index (χ1n) is 9.28. The first kappa shape index (κ1) is 19.6. The minimum absolute atomic E-state index is 0.0324. The van der Waals surface area contributed by atoms with E-state index in [9.17, 15) is 18.3 Å². The quantitative estimate of drug-likeness (QED) is 0.824. The third-order valence-electron chi connectivity index (χ3n) is 5.63. The Morgan fingerprint density at radius 2 is 2.07 bits per heavy atom. The van der Waals surface area contributed by atoms with Crippen molar-refractivity contribution in [3.05, 3.63) is 40.8 Å². The molecule has 3 heterocycles. The average Bonchev–Trinajstić information content (AvgIpc) is 3.16. The third kappa shape index (κ3) is 3.28. The van der Waals surface area contributed by atoms with Crippen LogP contribution < -0.4 is 4.90 Å². The number of thiophene rings is 1. The van der Waals surface area contributed by atoms with Crippen molar-refractivity contribution in [1.29, 1.82) is 0 Å². The molecule has 0 bridgehead atoms. The van der Waals surface area contributed by atoms with Crippen molar-refractivity contribution in [1.82, 2.24) is 0 Å². The zero-order valence-electron chi connectivity index (χ0n) is 15.8. The molecule has 0 radical (unpaired) electrons. The first-order valence-corrected chi connectivity index (χ1v) is 11.6. The molecule has 0 spiro atoms. The topological polar surface area (TPSA) is 83.9 Å². The smallest absolute Gasteiger partial charge is 0.227 e. The van der Waals surface area contributed by atoms with Crippen molar-refractivity contribution in [2.45, 2.75) is 53.4 Å². The number of sulfone groups is 1. The summed E-state index contributed by atoms with van der Waals surface area (Å²) in [6, 6.07) is 6.50. The second kappa shape index (κ2) is 6.95. The van der Waals surface area contributed by atoms with Gasteiger partial charge < -0.3 is 14.7 Å². The lowest BCUT2D eigenvalue weighted by molar-refractivity contribution is -0.118. The fourth-order valence-electron chi connectivity index (χ4n) is 3.95. The van der Waals surface area contributed by atoms with E-state index in [0.29, 0.717) is 37.9 Å². The molecule has 2 atom stereocenters. The van der Waals surface area contributed by atoms with E-state index in [0.717, 1.165) is 22.6 Å². The molecule has 8 heteroatoms. The highest BCUT2D eigenvalue weighted by atomic mass is 32.2. The molecule has 1 fully saturated rings. The summed E-state index contributed by atoms with van der Waals surface area (Å²) < 4.78 is 32.0. The minimum Gasteiger partial charge on any atom is -0.385 e. The number of carbonyl (C=O) groups is 1. The van der Waals surface area contributed by atoms with Gasteiger partial charge >= 0.3 is 0 Å². The van der Waals surface area contributed by atoms with Crippen molar-refractivity contribution in [3.8, 4) is 0 Å². The lowest BCUT2D eigenvalue weighted by Crippen LogP contribution is -2.37. The lowest BCUT2D eigenvalue weighted by Gasteiger charge is -2.35. The molecule has 2 aliphatic rings. The lowest BCUT2D eigenvalue weighted by atomic mass is 9.86. The minimum atomic E-state index is -3.69. The normalized spacial score (nSPS) is 25.6. The molecule has 0 aliphatic carbocycles. The molecular weight excluding hydrogens is 398 g/mol. The third-order valence-corrected chi connectivity index (χ3v) is 8.82. The molecule has 1 N–H and O–H groups in total. The van der Waals surface area contributed by atoms with Crippen molar-refractivity contribution >= 4 is 32.8 Å². The van der Waals surface area contributed by atoms with Gasteiger partial charge in [0, 0.05) is 32.0 Å². The number of rotatable bonds is 3. The first-order chi connectivity index (χ1) is 13.2. The summed E-state index contributed by atoms with van der Waals surface area (Å²) in [4.78, 5) is 13.6. The van der Waals surface area contributed by atoms with Gasteiger partial charge in [0.15, 0.2) is 0 Å². The maximum atomic E-state index is 13.2. The Hall–Kier alpha value is -1.74. The van der Waals surface area contributed by atoms with Crippen LogP contribution >= 0.6 is 11.3 Å².